The first-order chi connectivity index (χ1) is 12.8. The van der Waals surface area contributed by atoms with E-state index in [9.17, 15) is 25.0 Å². The second-order valence-corrected chi connectivity index (χ2v) is 5.96. The Kier molecular flexibility index (Phi) is 4.79. The van der Waals surface area contributed by atoms with Gasteiger partial charge in [0.25, 0.3) is 17.3 Å². The van der Waals surface area contributed by atoms with Crippen molar-refractivity contribution in [3.63, 3.8) is 0 Å². The molecule has 2 heterocycles. The van der Waals surface area contributed by atoms with Gasteiger partial charge in [0.2, 0.25) is 0 Å². The lowest BCUT2D eigenvalue weighted by molar-refractivity contribution is -0.394. The van der Waals surface area contributed by atoms with Crippen LogP contribution in [0.15, 0.2) is 42.7 Å². The Morgan fingerprint density at radius 2 is 1.78 bits per heavy atom. The standard InChI is InChI=1S/C17H15N5O5/c1-11-2-3-16-19-13(10-20(16)9-11)4-5-18-17(23)12-6-14(21(24)25)8-15(7-12)22(26)27/h2-3,6-10H,4-5H2,1H3,(H,18,23). The minimum absolute atomic E-state index is 0.137. The summed E-state index contributed by atoms with van der Waals surface area (Å²) in [6.07, 6.45) is 4.24. The summed E-state index contributed by atoms with van der Waals surface area (Å²) < 4.78 is 1.89. The molecule has 0 aliphatic heterocycles. The van der Waals surface area contributed by atoms with E-state index in [1.807, 2.05) is 35.9 Å². The van der Waals surface area contributed by atoms with Crippen LogP contribution in [0.2, 0.25) is 0 Å². The number of fused-ring (bicyclic) bond motifs is 1. The molecule has 10 nitrogen and oxygen atoms in total. The Morgan fingerprint density at radius 1 is 1.11 bits per heavy atom. The van der Waals surface area contributed by atoms with Crippen molar-refractivity contribution in [1.29, 1.82) is 0 Å². The molecule has 0 fully saturated rings. The van der Waals surface area contributed by atoms with Gasteiger partial charge in [-0.15, -0.1) is 0 Å². The fourth-order valence-electron chi connectivity index (χ4n) is 2.62. The predicted molar refractivity (Wildman–Crippen MR) is 95.7 cm³/mol. The average Bonchev–Trinajstić information content (AvgIpc) is 3.02. The fraction of sp³-hybridized carbons (Fsp3) is 0.176. The monoisotopic (exact) mass is 369 g/mol. The molecule has 0 unspecified atom stereocenters. The number of hydrogen-bond donors (Lipinski definition) is 1. The number of nitrogens with one attached hydrogen (secondary N) is 1. The van der Waals surface area contributed by atoms with Crippen LogP contribution >= 0.6 is 0 Å². The highest BCUT2D eigenvalue weighted by Crippen LogP contribution is 2.22. The molecular formula is C17H15N5O5. The van der Waals surface area contributed by atoms with E-state index in [-0.39, 0.29) is 12.1 Å². The van der Waals surface area contributed by atoms with Crippen molar-refractivity contribution in [3.8, 4) is 0 Å². The van der Waals surface area contributed by atoms with Crippen molar-refractivity contribution in [2.24, 2.45) is 0 Å². The highest BCUT2D eigenvalue weighted by atomic mass is 16.6. The first kappa shape index (κ1) is 18.0. The van der Waals surface area contributed by atoms with E-state index >= 15 is 0 Å². The zero-order valence-electron chi connectivity index (χ0n) is 14.3. The third kappa shape index (κ3) is 4.06. The van der Waals surface area contributed by atoms with E-state index in [1.54, 1.807) is 0 Å². The number of nitro groups is 2. The van der Waals surface area contributed by atoms with Crippen molar-refractivity contribution in [1.82, 2.24) is 14.7 Å². The lowest BCUT2D eigenvalue weighted by Crippen LogP contribution is -2.25. The number of benzene rings is 1. The van der Waals surface area contributed by atoms with E-state index in [0.717, 1.165) is 35.1 Å². The van der Waals surface area contributed by atoms with Crippen LogP contribution in [0.5, 0.6) is 0 Å². The number of hydrogen-bond acceptors (Lipinski definition) is 6. The number of aryl methyl sites for hydroxylation is 1. The van der Waals surface area contributed by atoms with Crippen LogP contribution in [0, 0.1) is 27.2 Å². The van der Waals surface area contributed by atoms with Gasteiger partial charge in [-0.05, 0) is 18.6 Å². The molecule has 0 radical (unpaired) electrons. The molecule has 10 heteroatoms. The highest BCUT2D eigenvalue weighted by Gasteiger charge is 2.19. The summed E-state index contributed by atoms with van der Waals surface area (Å²) in [5.41, 5.74) is 1.49. The molecule has 1 aromatic carbocycles. The Morgan fingerprint density at radius 3 is 2.41 bits per heavy atom. The molecule has 2 aromatic heterocycles. The number of aromatic nitrogens is 2. The Bertz CT molecular complexity index is 1030. The van der Waals surface area contributed by atoms with Gasteiger partial charge < -0.3 is 9.72 Å². The highest BCUT2D eigenvalue weighted by molar-refractivity contribution is 5.95. The molecule has 0 aliphatic carbocycles. The smallest absolute Gasteiger partial charge is 0.277 e. The number of amides is 1. The minimum atomic E-state index is -0.775. The average molecular weight is 369 g/mol. The summed E-state index contributed by atoms with van der Waals surface area (Å²) in [5.74, 6) is -0.624. The number of rotatable bonds is 6. The molecule has 138 valence electrons. The van der Waals surface area contributed by atoms with Crippen LogP contribution < -0.4 is 5.32 Å². The van der Waals surface area contributed by atoms with Crippen LogP contribution in [-0.4, -0.2) is 31.7 Å². The first-order valence-corrected chi connectivity index (χ1v) is 8.00. The molecule has 0 saturated carbocycles. The van der Waals surface area contributed by atoms with Crippen molar-refractivity contribution < 1.29 is 14.6 Å². The molecule has 1 N–H and O–H groups in total. The molecule has 3 rings (SSSR count). The summed E-state index contributed by atoms with van der Waals surface area (Å²) in [6.45, 7) is 2.20. The van der Waals surface area contributed by atoms with Gasteiger partial charge in [-0.3, -0.25) is 25.0 Å². The topological polar surface area (TPSA) is 133 Å². The first-order valence-electron chi connectivity index (χ1n) is 8.00. The van der Waals surface area contributed by atoms with Gasteiger partial charge in [0.15, 0.2) is 0 Å². The van der Waals surface area contributed by atoms with Crippen LogP contribution in [-0.2, 0) is 6.42 Å². The summed E-state index contributed by atoms with van der Waals surface area (Å²) >= 11 is 0. The fourth-order valence-corrected chi connectivity index (χ4v) is 2.62. The van der Waals surface area contributed by atoms with E-state index in [4.69, 9.17) is 0 Å². The summed E-state index contributed by atoms with van der Waals surface area (Å²) in [5, 5.41) is 24.4. The molecule has 0 bridgehead atoms. The number of carbonyl (C=O) groups excluding carboxylic acids is 1. The van der Waals surface area contributed by atoms with Crippen LogP contribution in [0.25, 0.3) is 5.65 Å². The molecule has 0 atom stereocenters. The number of pyridine rings is 1. The lowest BCUT2D eigenvalue weighted by atomic mass is 10.1. The lowest BCUT2D eigenvalue weighted by Gasteiger charge is -2.04. The van der Waals surface area contributed by atoms with E-state index in [2.05, 4.69) is 10.3 Å². The van der Waals surface area contributed by atoms with Gasteiger partial charge in [-0.25, -0.2) is 4.98 Å². The molecular weight excluding hydrogens is 354 g/mol. The maximum absolute atomic E-state index is 12.2. The van der Waals surface area contributed by atoms with E-state index < -0.39 is 27.1 Å². The van der Waals surface area contributed by atoms with Gasteiger partial charge in [0.1, 0.15) is 5.65 Å². The number of imidazole rings is 1. The van der Waals surface area contributed by atoms with E-state index in [0.29, 0.717) is 6.42 Å². The quantitative estimate of drug-likeness (QED) is 0.524. The molecule has 1 amide bonds. The predicted octanol–water partition coefficient (Wildman–Crippen LogP) is 2.43. The van der Waals surface area contributed by atoms with Gasteiger partial charge in [0, 0.05) is 37.5 Å². The third-order valence-corrected chi connectivity index (χ3v) is 3.90. The minimum Gasteiger partial charge on any atom is -0.352 e. The normalized spacial score (nSPS) is 10.7. The maximum atomic E-state index is 12.2. The second kappa shape index (κ2) is 7.20. The Hall–Kier alpha value is -3.82. The van der Waals surface area contributed by atoms with Crippen LogP contribution in [0.4, 0.5) is 11.4 Å². The van der Waals surface area contributed by atoms with Crippen molar-refractivity contribution in [2.75, 3.05) is 6.54 Å². The molecule has 3 aromatic rings. The van der Waals surface area contributed by atoms with Gasteiger partial charge >= 0.3 is 0 Å². The molecule has 27 heavy (non-hydrogen) atoms. The number of nitrogens with zero attached hydrogens (tertiary/aromatic N) is 4. The largest absolute Gasteiger partial charge is 0.352 e. The summed E-state index contributed by atoms with van der Waals surface area (Å²) in [7, 11) is 0. The van der Waals surface area contributed by atoms with Gasteiger partial charge in [-0.1, -0.05) is 6.07 Å². The number of carbonyl (C=O) groups is 1. The second-order valence-electron chi connectivity index (χ2n) is 5.96. The maximum Gasteiger partial charge on any atom is 0.277 e. The number of nitro benzene ring substituents is 2. The van der Waals surface area contributed by atoms with Crippen molar-refractivity contribution in [2.45, 2.75) is 13.3 Å². The van der Waals surface area contributed by atoms with E-state index in [1.165, 1.54) is 0 Å². The molecule has 0 saturated heterocycles. The molecule has 0 aliphatic rings. The van der Waals surface area contributed by atoms with Crippen LogP contribution in [0.3, 0.4) is 0 Å². The SMILES string of the molecule is Cc1ccc2nc(CCNC(=O)c3cc([N+](=O)[O-])cc([N+](=O)[O-])c3)cn2c1. The Labute approximate surface area is 152 Å². The molecule has 0 spiro atoms. The van der Waals surface area contributed by atoms with Crippen molar-refractivity contribution in [3.05, 3.63) is 79.8 Å². The Balaban J connectivity index is 1.69. The van der Waals surface area contributed by atoms with Crippen molar-refractivity contribution >= 4 is 22.9 Å². The number of non-ortho nitro benzene ring substituents is 2. The van der Waals surface area contributed by atoms with Gasteiger partial charge in [-0.2, -0.15) is 0 Å². The van der Waals surface area contributed by atoms with Gasteiger partial charge in [0.05, 0.1) is 27.2 Å². The zero-order chi connectivity index (χ0) is 19.6. The van der Waals surface area contributed by atoms with Crippen LogP contribution in [0.1, 0.15) is 21.6 Å². The third-order valence-electron chi connectivity index (χ3n) is 3.90. The summed E-state index contributed by atoms with van der Waals surface area (Å²) in [6, 6.07) is 6.67. The summed E-state index contributed by atoms with van der Waals surface area (Å²) in [4.78, 5) is 36.9. The zero-order valence-corrected chi connectivity index (χ0v) is 14.3.